The van der Waals surface area contributed by atoms with Crippen LogP contribution in [0.1, 0.15) is 16.6 Å². The molecule has 13 heavy (non-hydrogen) atoms. The Morgan fingerprint density at radius 2 is 2.46 bits per heavy atom. The normalized spacial score (nSPS) is 10.5. The van der Waals surface area contributed by atoms with Crippen LogP contribution in [0.25, 0.3) is 0 Å². The number of hydrogen-bond acceptors (Lipinski definition) is 5. The third kappa shape index (κ3) is 1.93. The molecule has 4 nitrogen and oxygen atoms in total. The highest BCUT2D eigenvalue weighted by Gasteiger charge is 2.05. The van der Waals surface area contributed by atoms with Crippen LogP contribution >= 0.6 is 11.3 Å². The highest BCUT2D eigenvalue weighted by Crippen LogP contribution is 2.12. The van der Waals surface area contributed by atoms with Crippen LogP contribution in [0, 0.1) is 0 Å². The van der Waals surface area contributed by atoms with Crippen molar-refractivity contribution >= 4 is 11.3 Å². The Kier molecular flexibility index (Phi) is 2.37. The summed E-state index contributed by atoms with van der Waals surface area (Å²) in [6.07, 6.45) is 0.668. The van der Waals surface area contributed by atoms with Crippen LogP contribution in [0.2, 0.25) is 0 Å². The van der Waals surface area contributed by atoms with Crippen molar-refractivity contribution in [1.82, 2.24) is 10.1 Å². The number of rotatable bonds is 3. The topological polar surface area (TPSA) is 59.2 Å². The number of nitrogens with zero attached hydrogens (tertiary/aromatic N) is 2. The lowest BCUT2D eigenvalue weighted by Crippen LogP contribution is -1.88. The minimum Gasteiger partial charge on any atom is -0.387 e. The summed E-state index contributed by atoms with van der Waals surface area (Å²) in [5.41, 5.74) is 0. The van der Waals surface area contributed by atoms with Crippen LogP contribution in [-0.4, -0.2) is 15.2 Å². The lowest BCUT2D eigenvalue weighted by Gasteiger charge is -1.86. The van der Waals surface area contributed by atoms with E-state index in [1.54, 1.807) is 11.3 Å². The van der Waals surface area contributed by atoms with Crippen LogP contribution in [0.3, 0.4) is 0 Å². The molecule has 2 aromatic heterocycles. The van der Waals surface area contributed by atoms with Crippen LogP contribution in [0.15, 0.2) is 22.0 Å². The van der Waals surface area contributed by atoms with E-state index < -0.39 is 0 Å². The molecule has 0 atom stereocenters. The minimum atomic E-state index is -0.197. The molecule has 0 fully saturated rings. The fraction of sp³-hybridized carbons (Fsp3) is 0.250. The highest BCUT2D eigenvalue weighted by molar-refractivity contribution is 7.09. The molecule has 2 aromatic rings. The van der Waals surface area contributed by atoms with Crippen molar-refractivity contribution in [2.75, 3.05) is 0 Å². The van der Waals surface area contributed by atoms with Gasteiger partial charge in [0.1, 0.15) is 6.61 Å². The number of hydrogen-bond donors (Lipinski definition) is 1. The molecule has 0 unspecified atom stereocenters. The predicted molar refractivity (Wildman–Crippen MR) is 47.3 cm³/mol. The zero-order chi connectivity index (χ0) is 9.10. The van der Waals surface area contributed by atoms with Crippen molar-refractivity contribution in [1.29, 1.82) is 0 Å². The fourth-order valence-corrected chi connectivity index (χ4v) is 1.70. The first-order chi connectivity index (χ1) is 6.38. The minimum absolute atomic E-state index is 0.197. The molecule has 0 radical (unpaired) electrons. The van der Waals surface area contributed by atoms with Gasteiger partial charge in [-0.1, -0.05) is 11.2 Å². The summed E-state index contributed by atoms with van der Waals surface area (Å²) in [5, 5.41) is 14.4. The van der Waals surface area contributed by atoms with Crippen molar-refractivity contribution in [2.24, 2.45) is 0 Å². The number of aliphatic hydroxyl groups is 1. The Bertz CT molecular complexity index is 369. The van der Waals surface area contributed by atoms with Gasteiger partial charge >= 0.3 is 0 Å². The molecule has 0 amide bonds. The van der Waals surface area contributed by atoms with E-state index in [-0.39, 0.29) is 12.5 Å². The van der Waals surface area contributed by atoms with Crippen molar-refractivity contribution in [2.45, 2.75) is 13.0 Å². The predicted octanol–water partition coefficient (Wildman–Crippen LogP) is 1.21. The van der Waals surface area contributed by atoms with Crippen molar-refractivity contribution < 1.29 is 9.63 Å². The number of thiophene rings is 1. The molecular formula is C8H8N2O2S. The second-order valence-corrected chi connectivity index (χ2v) is 3.55. The van der Waals surface area contributed by atoms with Gasteiger partial charge in [-0.2, -0.15) is 4.98 Å². The van der Waals surface area contributed by atoms with Gasteiger partial charge in [0, 0.05) is 11.3 Å². The third-order valence-corrected chi connectivity index (χ3v) is 2.43. The van der Waals surface area contributed by atoms with Gasteiger partial charge in [-0.15, -0.1) is 11.3 Å². The molecule has 1 N–H and O–H groups in total. The van der Waals surface area contributed by atoms with Crippen molar-refractivity contribution in [3.63, 3.8) is 0 Å². The third-order valence-electron chi connectivity index (χ3n) is 1.56. The van der Waals surface area contributed by atoms with Crippen molar-refractivity contribution in [3.05, 3.63) is 34.1 Å². The monoisotopic (exact) mass is 196 g/mol. The van der Waals surface area contributed by atoms with E-state index in [1.807, 2.05) is 17.5 Å². The Hall–Kier alpha value is -1.20. The van der Waals surface area contributed by atoms with E-state index in [9.17, 15) is 0 Å². The van der Waals surface area contributed by atoms with Gasteiger partial charge < -0.3 is 9.63 Å². The van der Waals surface area contributed by atoms with E-state index >= 15 is 0 Å². The lowest BCUT2D eigenvalue weighted by molar-refractivity contribution is 0.222. The zero-order valence-corrected chi connectivity index (χ0v) is 7.62. The molecule has 0 saturated heterocycles. The van der Waals surface area contributed by atoms with Gasteiger partial charge in [0.15, 0.2) is 5.82 Å². The molecule has 2 rings (SSSR count). The molecule has 68 valence electrons. The average Bonchev–Trinajstić information content (AvgIpc) is 2.76. The summed E-state index contributed by atoms with van der Waals surface area (Å²) in [6.45, 7) is -0.197. The highest BCUT2D eigenvalue weighted by atomic mass is 32.1. The van der Waals surface area contributed by atoms with E-state index in [4.69, 9.17) is 9.63 Å². The molecule has 0 aliphatic carbocycles. The Balaban J connectivity index is 2.10. The average molecular weight is 196 g/mol. The van der Waals surface area contributed by atoms with Gasteiger partial charge in [-0.05, 0) is 11.4 Å². The maximum absolute atomic E-state index is 8.68. The van der Waals surface area contributed by atoms with Crippen molar-refractivity contribution in [3.8, 4) is 0 Å². The first-order valence-electron chi connectivity index (χ1n) is 3.83. The second kappa shape index (κ2) is 3.68. The molecular weight excluding hydrogens is 188 g/mol. The SMILES string of the molecule is OCc1nc(Cc2cccs2)no1. The van der Waals surface area contributed by atoms with Crippen LogP contribution in [-0.2, 0) is 13.0 Å². The largest absolute Gasteiger partial charge is 0.387 e. The lowest BCUT2D eigenvalue weighted by atomic mass is 10.3. The Morgan fingerprint density at radius 3 is 3.08 bits per heavy atom. The molecule has 0 aromatic carbocycles. The summed E-state index contributed by atoms with van der Waals surface area (Å²) < 4.78 is 4.76. The van der Waals surface area contributed by atoms with Gasteiger partial charge in [-0.25, -0.2) is 0 Å². The molecule has 0 aliphatic rings. The van der Waals surface area contributed by atoms with E-state index in [0.717, 1.165) is 0 Å². The van der Waals surface area contributed by atoms with Gasteiger partial charge in [0.05, 0.1) is 0 Å². The maximum Gasteiger partial charge on any atom is 0.252 e. The van der Waals surface area contributed by atoms with Gasteiger partial charge in [-0.3, -0.25) is 0 Å². The molecule has 2 heterocycles. The first-order valence-corrected chi connectivity index (χ1v) is 4.71. The van der Waals surface area contributed by atoms with Gasteiger partial charge in [0.25, 0.3) is 5.89 Å². The zero-order valence-electron chi connectivity index (χ0n) is 6.80. The van der Waals surface area contributed by atoms with Crippen LogP contribution < -0.4 is 0 Å². The molecule has 0 aliphatic heterocycles. The summed E-state index contributed by atoms with van der Waals surface area (Å²) in [4.78, 5) is 5.17. The first kappa shape index (κ1) is 8.40. The van der Waals surface area contributed by atoms with E-state index in [0.29, 0.717) is 12.2 Å². The summed E-state index contributed by atoms with van der Waals surface area (Å²) in [5.74, 6) is 0.887. The quantitative estimate of drug-likeness (QED) is 0.801. The molecule has 0 bridgehead atoms. The Labute approximate surface area is 78.8 Å². The van der Waals surface area contributed by atoms with Gasteiger partial charge in [0.2, 0.25) is 0 Å². The molecule has 0 saturated carbocycles. The molecule has 5 heteroatoms. The van der Waals surface area contributed by atoms with E-state index in [1.165, 1.54) is 4.88 Å². The fourth-order valence-electron chi connectivity index (χ4n) is 0.995. The standard InChI is InChI=1S/C8H8N2O2S/c11-5-8-9-7(10-12-8)4-6-2-1-3-13-6/h1-3,11H,4-5H2. The second-order valence-electron chi connectivity index (χ2n) is 2.52. The molecule has 0 spiro atoms. The smallest absolute Gasteiger partial charge is 0.252 e. The van der Waals surface area contributed by atoms with Crippen LogP contribution in [0.5, 0.6) is 0 Å². The summed E-state index contributed by atoms with van der Waals surface area (Å²) in [6, 6.07) is 3.99. The summed E-state index contributed by atoms with van der Waals surface area (Å²) >= 11 is 1.65. The Morgan fingerprint density at radius 1 is 1.54 bits per heavy atom. The van der Waals surface area contributed by atoms with E-state index in [2.05, 4.69) is 10.1 Å². The maximum atomic E-state index is 8.68. The number of aliphatic hydroxyl groups excluding tert-OH is 1. The number of aromatic nitrogens is 2. The summed E-state index contributed by atoms with van der Waals surface area (Å²) in [7, 11) is 0. The van der Waals surface area contributed by atoms with Crippen LogP contribution in [0.4, 0.5) is 0 Å².